The molecule has 0 spiro atoms. The van der Waals surface area contributed by atoms with Crippen molar-refractivity contribution in [1.82, 2.24) is 10.3 Å². The number of carbonyl (C=O) groups excluding carboxylic acids is 1. The molecule has 0 fully saturated rings. The highest BCUT2D eigenvalue weighted by atomic mass is 32.1. The number of amides is 1. The van der Waals surface area contributed by atoms with E-state index in [1.807, 2.05) is 31.4 Å². The number of benzene rings is 1. The predicted octanol–water partition coefficient (Wildman–Crippen LogP) is 3.92. The fraction of sp³-hybridized carbons (Fsp3) is 0.450. The van der Waals surface area contributed by atoms with Crippen molar-refractivity contribution in [2.75, 3.05) is 0 Å². The summed E-state index contributed by atoms with van der Waals surface area (Å²) in [5.74, 6) is -1.13. The predicted molar refractivity (Wildman–Crippen MR) is 104 cm³/mol. The number of aryl methyl sites for hydroxylation is 1. The maximum atomic E-state index is 12.4. The zero-order valence-electron chi connectivity index (χ0n) is 15.7. The standard InChI is InChI=1S/C20H26N2O3S/c1-5-14-6-8-15(9-7-14)19-21-16(12-26-19)10-17(23)22-20(4,13(2)3)11-18(24)25/h6-9,12-13H,5,10-11H2,1-4H3,(H,22,23)(H,24,25). The van der Waals surface area contributed by atoms with Gasteiger partial charge in [0.25, 0.3) is 0 Å². The van der Waals surface area contributed by atoms with E-state index in [1.165, 1.54) is 16.9 Å². The van der Waals surface area contributed by atoms with Crippen LogP contribution in [0.1, 0.15) is 45.4 Å². The fourth-order valence-electron chi connectivity index (χ4n) is 2.64. The normalized spacial score (nSPS) is 13.4. The van der Waals surface area contributed by atoms with Crippen molar-refractivity contribution >= 4 is 23.2 Å². The SMILES string of the molecule is CCc1ccc(-c2nc(CC(=O)NC(C)(CC(=O)O)C(C)C)cs2)cc1. The number of carboxylic acids is 1. The van der Waals surface area contributed by atoms with Gasteiger partial charge in [-0.25, -0.2) is 4.98 Å². The average molecular weight is 375 g/mol. The highest BCUT2D eigenvalue weighted by Gasteiger charge is 2.32. The van der Waals surface area contributed by atoms with Crippen molar-refractivity contribution in [1.29, 1.82) is 0 Å². The molecule has 0 saturated carbocycles. The minimum atomic E-state index is -0.923. The number of rotatable bonds is 8. The number of aliphatic carboxylic acids is 1. The van der Waals surface area contributed by atoms with E-state index in [0.29, 0.717) is 5.69 Å². The van der Waals surface area contributed by atoms with E-state index >= 15 is 0 Å². The molecule has 0 radical (unpaired) electrons. The van der Waals surface area contributed by atoms with Crippen LogP contribution in [0.25, 0.3) is 10.6 Å². The molecule has 1 atom stereocenters. The second kappa shape index (κ2) is 8.45. The topological polar surface area (TPSA) is 79.3 Å². The third-order valence-electron chi connectivity index (χ3n) is 4.72. The van der Waals surface area contributed by atoms with Crippen LogP contribution in [0, 0.1) is 5.92 Å². The lowest BCUT2D eigenvalue weighted by Gasteiger charge is -2.33. The molecule has 2 N–H and O–H groups in total. The molecular formula is C20H26N2O3S. The number of aromatic nitrogens is 1. The molecule has 140 valence electrons. The fourth-order valence-corrected chi connectivity index (χ4v) is 3.46. The Bertz CT molecular complexity index is 768. The molecule has 1 unspecified atom stereocenters. The van der Waals surface area contributed by atoms with Gasteiger partial charge in [-0.05, 0) is 24.8 Å². The zero-order chi connectivity index (χ0) is 19.3. The van der Waals surface area contributed by atoms with Crippen molar-refractivity contribution in [3.05, 3.63) is 40.9 Å². The van der Waals surface area contributed by atoms with E-state index in [9.17, 15) is 9.59 Å². The molecule has 0 saturated heterocycles. The van der Waals surface area contributed by atoms with Crippen LogP contribution in [0.4, 0.5) is 0 Å². The zero-order valence-corrected chi connectivity index (χ0v) is 16.5. The Labute approximate surface area is 158 Å². The van der Waals surface area contributed by atoms with Gasteiger partial charge in [-0.15, -0.1) is 11.3 Å². The van der Waals surface area contributed by atoms with Gasteiger partial charge in [0, 0.05) is 16.5 Å². The maximum Gasteiger partial charge on any atom is 0.305 e. The minimum absolute atomic E-state index is 0.00521. The highest BCUT2D eigenvalue weighted by molar-refractivity contribution is 7.13. The third kappa shape index (κ3) is 5.14. The van der Waals surface area contributed by atoms with Crippen LogP contribution < -0.4 is 5.32 Å². The summed E-state index contributed by atoms with van der Waals surface area (Å²) in [6.07, 6.45) is 1.03. The molecule has 0 aliphatic carbocycles. The smallest absolute Gasteiger partial charge is 0.305 e. The first-order valence-corrected chi connectivity index (χ1v) is 9.68. The lowest BCUT2D eigenvalue weighted by atomic mass is 9.85. The van der Waals surface area contributed by atoms with Crippen LogP contribution in [0.3, 0.4) is 0 Å². The molecule has 1 aromatic carbocycles. The van der Waals surface area contributed by atoms with E-state index in [-0.39, 0.29) is 24.7 Å². The van der Waals surface area contributed by atoms with E-state index in [2.05, 4.69) is 29.4 Å². The quantitative estimate of drug-likeness (QED) is 0.734. The third-order valence-corrected chi connectivity index (χ3v) is 5.66. The molecule has 0 aliphatic heterocycles. The number of nitrogens with one attached hydrogen (secondary N) is 1. The monoisotopic (exact) mass is 374 g/mol. The van der Waals surface area contributed by atoms with Crippen molar-refractivity contribution < 1.29 is 14.7 Å². The summed E-state index contributed by atoms with van der Waals surface area (Å²) in [5, 5.41) is 14.8. The van der Waals surface area contributed by atoms with Crippen molar-refractivity contribution in [2.45, 2.75) is 52.5 Å². The van der Waals surface area contributed by atoms with Gasteiger partial charge < -0.3 is 10.4 Å². The molecule has 0 bridgehead atoms. The van der Waals surface area contributed by atoms with Gasteiger partial charge in [0.15, 0.2) is 0 Å². The number of carbonyl (C=O) groups is 2. The molecule has 0 aliphatic rings. The van der Waals surface area contributed by atoms with Gasteiger partial charge in [0.05, 0.1) is 18.5 Å². The summed E-state index contributed by atoms with van der Waals surface area (Å²) in [4.78, 5) is 28.1. The molecule has 26 heavy (non-hydrogen) atoms. The number of hydrogen-bond donors (Lipinski definition) is 2. The minimum Gasteiger partial charge on any atom is -0.481 e. The lowest BCUT2D eigenvalue weighted by molar-refractivity contribution is -0.139. The van der Waals surface area contributed by atoms with Crippen LogP contribution in [-0.2, 0) is 22.4 Å². The Morgan fingerprint density at radius 1 is 1.27 bits per heavy atom. The number of thiazole rings is 1. The van der Waals surface area contributed by atoms with Crippen molar-refractivity contribution in [3.63, 3.8) is 0 Å². The Balaban J connectivity index is 2.05. The first-order valence-electron chi connectivity index (χ1n) is 8.80. The first kappa shape index (κ1) is 20.1. The van der Waals surface area contributed by atoms with Gasteiger partial charge in [0.2, 0.25) is 5.91 Å². The summed E-state index contributed by atoms with van der Waals surface area (Å²) in [6.45, 7) is 7.70. The van der Waals surface area contributed by atoms with E-state index in [4.69, 9.17) is 5.11 Å². The van der Waals surface area contributed by atoms with Gasteiger partial charge in [0.1, 0.15) is 5.01 Å². The summed E-state index contributed by atoms with van der Waals surface area (Å²) < 4.78 is 0. The molecular weight excluding hydrogens is 348 g/mol. The van der Waals surface area contributed by atoms with Gasteiger partial charge >= 0.3 is 5.97 Å². The molecule has 1 amide bonds. The Hall–Kier alpha value is -2.21. The van der Waals surface area contributed by atoms with Crippen molar-refractivity contribution in [3.8, 4) is 10.6 Å². The Morgan fingerprint density at radius 2 is 1.92 bits per heavy atom. The number of nitrogens with zero attached hydrogens (tertiary/aromatic N) is 1. The average Bonchev–Trinajstić information content (AvgIpc) is 3.02. The van der Waals surface area contributed by atoms with Crippen molar-refractivity contribution in [2.24, 2.45) is 5.92 Å². The Kier molecular flexibility index (Phi) is 6.53. The molecule has 1 heterocycles. The highest BCUT2D eigenvalue weighted by Crippen LogP contribution is 2.25. The van der Waals surface area contributed by atoms with Gasteiger partial charge in [-0.1, -0.05) is 45.0 Å². The summed E-state index contributed by atoms with van der Waals surface area (Å²) in [7, 11) is 0. The van der Waals surface area contributed by atoms with Crippen LogP contribution in [-0.4, -0.2) is 27.5 Å². The van der Waals surface area contributed by atoms with Crippen LogP contribution in [0.2, 0.25) is 0 Å². The summed E-state index contributed by atoms with van der Waals surface area (Å²) in [6, 6.07) is 8.26. The lowest BCUT2D eigenvalue weighted by Crippen LogP contribution is -2.51. The second-order valence-corrected chi connectivity index (χ2v) is 7.92. The van der Waals surface area contributed by atoms with Crippen LogP contribution in [0.5, 0.6) is 0 Å². The molecule has 1 aromatic heterocycles. The Morgan fingerprint density at radius 3 is 2.46 bits per heavy atom. The first-order chi connectivity index (χ1) is 12.2. The maximum absolute atomic E-state index is 12.4. The van der Waals surface area contributed by atoms with E-state index in [1.54, 1.807) is 6.92 Å². The molecule has 2 rings (SSSR count). The van der Waals surface area contributed by atoms with Crippen LogP contribution in [0.15, 0.2) is 29.6 Å². The summed E-state index contributed by atoms with van der Waals surface area (Å²) >= 11 is 1.51. The summed E-state index contributed by atoms with van der Waals surface area (Å²) in [5.41, 5.74) is 2.23. The number of hydrogen-bond acceptors (Lipinski definition) is 4. The largest absolute Gasteiger partial charge is 0.481 e. The van der Waals surface area contributed by atoms with Gasteiger partial charge in [-0.2, -0.15) is 0 Å². The van der Waals surface area contributed by atoms with Crippen LogP contribution >= 0.6 is 11.3 Å². The second-order valence-electron chi connectivity index (χ2n) is 7.06. The van der Waals surface area contributed by atoms with Gasteiger partial charge in [-0.3, -0.25) is 9.59 Å². The van der Waals surface area contributed by atoms with E-state index in [0.717, 1.165) is 17.0 Å². The number of carboxylic acid groups (broad SMARTS) is 1. The molecule has 6 heteroatoms. The molecule has 5 nitrogen and oxygen atoms in total. The molecule has 2 aromatic rings. The van der Waals surface area contributed by atoms with E-state index < -0.39 is 11.5 Å².